The van der Waals surface area contributed by atoms with Crippen LogP contribution < -0.4 is 9.47 Å². The average Bonchev–Trinajstić information content (AvgIpc) is 2.43. The molecule has 0 aliphatic carbocycles. The van der Waals surface area contributed by atoms with Gasteiger partial charge >= 0.3 is 11.9 Å². The predicted octanol–water partition coefficient (Wildman–Crippen LogP) is 3.18. The summed E-state index contributed by atoms with van der Waals surface area (Å²) in [6.45, 7) is 7.16. The number of aliphatic carboxylic acids is 1. The van der Waals surface area contributed by atoms with Crippen molar-refractivity contribution in [3.8, 4) is 11.5 Å². The third-order valence-electron chi connectivity index (χ3n) is 4.26. The molecule has 1 N–H and O–H groups in total. The minimum absolute atomic E-state index is 0.0927. The van der Waals surface area contributed by atoms with Gasteiger partial charge in [-0.15, -0.1) is 0 Å². The van der Waals surface area contributed by atoms with Gasteiger partial charge in [-0.1, -0.05) is 0 Å². The van der Waals surface area contributed by atoms with Gasteiger partial charge in [0.2, 0.25) is 0 Å². The number of carboxylic acid groups (broad SMARTS) is 1. The van der Waals surface area contributed by atoms with Gasteiger partial charge in [0, 0.05) is 13.3 Å². The standard InChI is InChI=1S/C17H22O5/c1-10-11(2)16-13(9-14(10)21-12(3)18)5-7-17(4,22-16)8-6-15(19)20/h9H,5-8H2,1-4H3,(H,19,20). The van der Waals surface area contributed by atoms with Gasteiger partial charge in [0.25, 0.3) is 0 Å². The molecule has 1 aromatic rings. The fourth-order valence-corrected chi connectivity index (χ4v) is 2.76. The smallest absolute Gasteiger partial charge is 0.308 e. The van der Waals surface area contributed by atoms with Crippen molar-refractivity contribution in [2.75, 3.05) is 0 Å². The van der Waals surface area contributed by atoms with Crippen LogP contribution in [0.4, 0.5) is 0 Å². The Balaban J connectivity index is 2.30. The lowest BCUT2D eigenvalue weighted by Gasteiger charge is -2.37. The number of carbonyl (C=O) groups excluding carboxylic acids is 1. The molecule has 0 aromatic heterocycles. The van der Waals surface area contributed by atoms with E-state index in [9.17, 15) is 9.59 Å². The van der Waals surface area contributed by atoms with Gasteiger partial charge in [0.1, 0.15) is 17.1 Å². The summed E-state index contributed by atoms with van der Waals surface area (Å²) in [5.74, 6) is 0.216. The van der Waals surface area contributed by atoms with Crippen LogP contribution in [0.15, 0.2) is 6.07 Å². The first kappa shape index (κ1) is 16.3. The molecule has 120 valence electrons. The second-order valence-corrected chi connectivity index (χ2v) is 6.15. The summed E-state index contributed by atoms with van der Waals surface area (Å²) < 4.78 is 11.4. The van der Waals surface area contributed by atoms with E-state index in [0.717, 1.165) is 35.3 Å². The molecule has 1 aliphatic heterocycles. The van der Waals surface area contributed by atoms with E-state index in [2.05, 4.69) is 0 Å². The van der Waals surface area contributed by atoms with Crippen LogP contribution in [0, 0.1) is 13.8 Å². The van der Waals surface area contributed by atoms with Crippen molar-refractivity contribution in [1.82, 2.24) is 0 Å². The van der Waals surface area contributed by atoms with E-state index < -0.39 is 11.6 Å². The topological polar surface area (TPSA) is 72.8 Å². The summed E-state index contributed by atoms with van der Waals surface area (Å²) in [5, 5.41) is 8.87. The van der Waals surface area contributed by atoms with E-state index in [-0.39, 0.29) is 12.4 Å². The zero-order valence-electron chi connectivity index (χ0n) is 13.5. The summed E-state index contributed by atoms with van der Waals surface area (Å²) in [6, 6.07) is 1.86. The van der Waals surface area contributed by atoms with Crippen molar-refractivity contribution in [2.24, 2.45) is 0 Å². The van der Waals surface area contributed by atoms with Gasteiger partial charge in [-0.05, 0) is 62.8 Å². The first-order valence-corrected chi connectivity index (χ1v) is 7.44. The molecule has 0 fully saturated rings. The minimum atomic E-state index is -0.811. The number of rotatable bonds is 4. The Hall–Kier alpha value is -2.04. The maximum atomic E-state index is 11.2. The van der Waals surface area contributed by atoms with E-state index >= 15 is 0 Å². The molecule has 0 radical (unpaired) electrons. The second kappa shape index (κ2) is 5.99. The Morgan fingerprint density at radius 2 is 2.05 bits per heavy atom. The highest BCUT2D eigenvalue weighted by Gasteiger charge is 2.33. The van der Waals surface area contributed by atoms with Crippen LogP contribution in [0.2, 0.25) is 0 Å². The number of benzene rings is 1. The SMILES string of the molecule is CC(=O)Oc1cc2c(c(C)c1C)OC(C)(CCC(=O)O)CC2. The Morgan fingerprint density at radius 3 is 2.64 bits per heavy atom. The van der Waals surface area contributed by atoms with Gasteiger partial charge in [-0.2, -0.15) is 0 Å². The van der Waals surface area contributed by atoms with Crippen LogP contribution in [0.5, 0.6) is 11.5 Å². The second-order valence-electron chi connectivity index (χ2n) is 6.15. The van der Waals surface area contributed by atoms with E-state index in [4.69, 9.17) is 14.6 Å². The molecule has 1 heterocycles. The van der Waals surface area contributed by atoms with Gasteiger partial charge in [0.05, 0.1) is 0 Å². The van der Waals surface area contributed by atoms with E-state index in [1.165, 1.54) is 6.92 Å². The molecule has 1 aliphatic rings. The highest BCUT2D eigenvalue weighted by molar-refractivity contribution is 5.71. The Morgan fingerprint density at radius 1 is 1.36 bits per heavy atom. The first-order valence-electron chi connectivity index (χ1n) is 7.44. The quantitative estimate of drug-likeness (QED) is 0.683. The van der Waals surface area contributed by atoms with Crippen LogP contribution in [-0.2, 0) is 16.0 Å². The number of hydrogen-bond donors (Lipinski definition) is 1. The molecule has 0 amide bonds. The fourth-order valence-electron chi connectivity index (χ4n) is 2.76. The number of esters is 1. The molecule has 0 saturated heterocycles. The number of carboxylic acids is 1. The van der Waals surface area contributed by atoms with Crippen LogP contribution in [0.3, 0.4) is 0 Å². The Labute approximate surface area is 130 Å². The molecule has 2 rings (SSSR count). The zero-order chi connectivity index (χ0) is 16.5. The van der Waals surface area contributed by atoms with Crippen molar-refractivity contribution in [2.45, 2.75) is 59.0 Å². The van der Waals surface area contributed by atoms with Gasteiger partial charge in [-0.25, -0.2) is 0 Å². The van der Waals surface area contributed by atoms with Crippen molar-refractivity contribution in [3.63, 3.8) is 0 Å². The molecule has 1 unspecified atom stereocenters. The zero-order valence-corrected chi connectivity index (χ0v) is 13.5. The Bertz CT molecular complexity index is 620. The summed E-state index contributed by atoms with van der Waals surface area (Å²) in [5.41, 5.74) is 2.35. The number of aryl methyl sites for hydroxylation is 1. The van der Waals surface area contributed by atoms with Crippen LogP contribution in [0.25, 0.3) is 0 Å². The monoisotopic (exact) mass is 306 g/mol. The van der Waals surface area contributed by atoms with Gasteiger partial charge < -0.3 is 14.6 Å². The summed E-state index contributed by atoms with van der Waals surface area (Å²) in [4.78, 5) is 22.0. The molecule has 5 nitrogen and oxygen atoms in total. The highest BCUT2D eigenvalue weighted by Crippen LogP contribution is 2.42. The predicted molar refractivity (Wildman–Crippen MR) is 81.4 cm³/mol. The van der Waals surface area contributed by atoms with Crippen molar-refractivity contribution in [1.29, 1.82) is 0 Å². The average molecular weight is 306 g/mol. The third-order valence-corrected chi connectivity index (χ3v) is 4.26. The molecule has 0 bridgehead atoms. The lowest BCUT2D eigenvalue weighted by atomic mass is 9.87. The molecule has 0 spiro atoms. The number of hydrogen-bond acceptors (Lipinski definition) is 4. The first-order chi connectivity index (χ1) is 10.2. The fraction of sp³-hybridized carbons (Fsp3) is 0.529. The van der Waals surface area contributed by atoms with Crippen LogP contribution >= 0.6 is 0 Å². The lowest BCUT2D eigenvalue weighted by Crippen LogP contribution is -2.37. The summed E-state index contributed by atoms with van der Waals surface area (Å²) in [7, 11) is 0. The van der Waals surface area contributed by atoms with Gasteiger partial charge in [-0.3, -0.25) is 9.59 Å². The molecular weight excluding hydrogens is 284 g/mol. The van der Waals surface area contributed by atoms with Crippen molar-refractivity contribution in [3.05, 3.63) is 22.8 Å². The molecular formula is C17H22O5. The van der Waals surface area contributed by atoms with Crippen molar-refractivity contribution < 1.29 is 24.2 Å². The number of ether oxygens (including phenoxy) is 2. The molecule has 0 saturated carbocycles. The lowest BCUT2D eigenvalue weighted by molar-refractivity contribution is -0.138. The largest absolute Gasteiger partial charge is 0.487 e. The van der Waals surface area contributed by atoms with E-state index in [1.807, 2.05) is 26.8 Å². The number of fused-ring (bicyclic) bond motifs is 1. The highest BCUT2D eigenvalue weighted by atomic mass is 16.5. The molecule has 1 aromatic carbocycles. The van der Waals surface area contributed by atoms with Gasteiger partial charge in [0.15, 0.2) is 0 Å². The van der Waals surface area contributed by atoms with Crippen LogP contribution in [0.1, 0.15) is 49.8 Å². The normalized spacial score (nSPS) is 20.0. The molecule has 1 atom stereocenters. The minimum Gasteiger partial charge on any atom is -0.487 e. The third kappa shape index (κ3) is 3.40. The molecule has 5 heteroatoms. The van der Waals surface area contributed by atoms with Crippen molar-refractivity contribution >= 4 is 11.9 Å². The summed E-state index contributed by atoms with van der Waals surface area (Å²) >= 11 is 0. The maximum Gasteiger partial charge on any atom is 0.308 e. The van der Waals surface area contributed by atoms with E-state index in [1.54, 1.807) is 0 Å². The van der Waals surface area contributed by atoms with Crippen LogP contribution in [-0.4, -0.2) is 22.6 Å². The number of carbonyl (C=O) groups is 2. The van der Waals surface area contributed by atoms with E-state index in [0.29, 0.717) is 12.2 Å². The Kier molecular flexibility index (Phi) is 4.44. The molecule has 22 heavy (non-hydrogen) atoms. The maximum absolute atomic E-state index is 11.2. The summed E-state index contributed by atoms with van der Waals surface area (Å²) in [6.07, 6.45) is 2.09.